The summed E-state index contributed by atoms with van der Waals surface area (Å²) in [4.78, 5) is 27.6. The van der Waals surface area contributed by atoms with E-state index in [1.54, 1.807) is 55.6 Å². The van der Waals surface area contributed by atoms with Crippen LogP contribution in [0.1, 0.15) is 28.4 Å². The quantitative estimate of drug-likeness (QED) is 0.275. The number of ether oxygens (including phenoxy) is 3. The van der Waals surface area contributed by atoms with Crippen molar-refractivity contribution >= 4 is 17.8 Å². The number of benzene rings is 2. The third-order valence-electron chi connectivity index (χ3n) is 4.23. The highest BCUT2D eigenvalue weighted by Crippen LogP contribution is 2.15. The third-order valence-corrected chi connectivity index (χ3v) is 4.23. The average Bonchev–Trinajstić information content (AvgIpc) is 2.82. The minimum atomic E-state index is -0.389. The molecule has 0 unspecified atom stereocenters. The van der Waals surface area contributed by atoms with Gasteiger partial charge < -0.3 is 14.2 Å². The summed E-state index contributed by atoms with van der Waals surface area (Å²) in [6, 6.07) is 19.9. The summed E-state index contributed by atoms with van der Waals surface area (Å²) in [7, 11) is 0. The molecule has 0 bridgehead atoms. The second kappa shape index (κ2) is 11.3. The van der Waals surface area contributed by atoms with Gasteiger partial charge in [-0.3, -0.25) is 4.79 Å². The van der Waals surface area contributed by atoms with Gasteiger partial charge in [0.05, 0.1) is 6.61 Å². The van der Waals surface area contributed by atoms with Crippen molar-refractivity contribution < 1.29 is 23.8 Å². The molecular formula is C25H23NO5. The molecule has 6 heteroatoms. The van der Waals surface area contributed by atoms with E-state index in [0.29, 0.717) is 30.4 Å². The molecule has 0 saturated carbocycles. The van der Waals surface area contributed by atoms with Gasteiger partial charge in [0, 0.05) is 23.9 Å². The van der Waals surface area contributed by atoms with Gasteiger partial charge in [0.2, 0.25) is 5.88 Å². The van der Waals surface area contributed by atoms with E-state index < -0.39 is 0 Å². The lowest BCUT2D eigenvalue weighted by molar-refractivity contribution is -0.137. The molecule has 1 heterocycles. The van der Waals surface area contributed by atoms with Crippen LogP contribution in [0.15, 0.2) is 79.0 Å². The van der Waals surface area contributed by atoms with Crippen LogP contribution >= 0.6 is 0 Å². The number of rotatable bonds is 10. The topological polar surface area (TPSA) is 74.7 Å². The molecule has 0 atom stereocenters. The highest BCUT2D eigenvalue weighted by atomic mass is 16.5. The zero-order chi connectivity index (χ0) is 21.9. The molecule has 3 rings (SSSR count). The van der Waals surface area contributed by atoms with E-state index in [4.69, 9.17) is 14.2 Å². The van der Waals surface area contributed by atoms with Crippen LogP contribution in [0.3, 0.4) is 0 Å². The number of nitrogens with zero attached hydrogens (tertiary/aromatic N) is 1. The summed E-state index contributed by atoms with van der Waals surface area (Å²) >= 11 is 0. The maximum absolute atomic E-state index is 12.1. The fourth-order valence-electron chi connectivity index (χ4n) is 2.63. The van der Waals surface area contributed by atoms with Crippen LogP contribution < -0.4 is 9.47 Å². The SMILES string of the molecule is CCOC(=O)/C=C/c1ccc(OCc2ccc(OCC(=O)c3ccccc3)cc2)nc1. The number of carbonyl (C=O) groups excluding carboxylic acids is 2. The predicted molar refractivity (Wildman–Crippen MR) is 117 cm³/mol. The van der Waals surface area contributed by atoms with Crippen molar-refractivity contribution in [1.82, 2.24) is 4.98 Å². The van der Waals surface area contributed by atoms with Gasteiger partial charge in [0.1, 0.15) is 12.4 Å². The van der Waals surface area contributed by atoms with Crippen molar-refractivity contribution in [3.8, 4) is 11.6 Å². The van der Waals surface area contributed by atoms with Crippen molar-refractivity contribution in [1.29, 1.82) is 0 Å². The normalized spacial score (nSPS) is 10.6. The second-order valence-corrected chi connectivity index (χ2v) is 6.53. The molecule has 2 aromatic carbocycles. The molecule has 0 N–H and O–H groups in total. The van der Waals surface area contributed by atoms with Gasteiger partial charge in [-0.05, 0) is 42.3 Å². The molecule has 0 saturated heterocycles. The molecule has 0 radical (unpaired) electrons. The molecule has 3 aromatic rings. The predicted octanol–water partition coefficient (Wildman–Crippen LogP) is 4.50. The molecule has 158 valence electrons. The van der Waals surface area contributed by atoms with Crippen molar-refractivity contribution in [3.05, 3.63) is 95.7 Å². The van der Waals surface area contributed by atoms with Crippen molar-refractivity contribution in [3.63, 3.8) is 0 Å². The molecular weight excluding hydrogens is 394 g/mol. The zero-order valence-corrected chi connectivity index (χ0v) is 17.2. The van der Waals surface area contributed by atoms with Crippen LogP contribution in [0.4, 0.5) is 0 Å². The van der Waals surface area contributed by atoms with E-state index in [1.807, 2.05) is 30.3 Å². The average molecular weight is 417 g/mol. The van der Waals surface area contributed by atoms with E-state index in [2.05, 4.69) is 4.98 Å². The third kappa shape index (κ3) is 7.12. The lowest BCUT2D eigenvalue weighted by Gasteiger charge is -2.08. The Hall–Kier alpha value is -3.93. The fraction of sp³-hybridized carbons (Fsp3) is 0.160. The van der Waals surface area contributed by atoms with Gasteiger partial charge in [0.25, 0.3) is 0 Å². The first-order valence-electron chi connectivity index (χ1n) is 9.87. The summed E-state index contributed by atoms with van der Waals surface area (Å²) < 4.78 is 16.1. The summed E-state index contributed by atoms with van der Waals surface area (Å²) in [5.41, 5.74) is 2.34. The first-order valence-corrected chi connectivity index (χ1v) is 9.87. The molecule has 0 fully saturated rings. The Kier molecular flexibility index (Phi) is 7.94. The molecule has 0 aliphatic rings. The standard InChI is InChI=1S/C25H23NO5/c1-2-29-25(28)15-11-19-10-14-24(26-16-19)31-17-20-8-12-22(13-9-20)30-18-23(27)21-6-4-3-5-7-21/h3-16H,2,17-18H2,1H3/b15-11+. The lowest BCUT2D eigenvalue weighted by atomic mass is 10.1. The lowest BCUT2D eigenvalue weighted by Crippen LogP contribution is -2.11. The van der Waals surface area contributed by atoms with E-state index in [9.17, 15) is 9.59 Å². The highest BCUT2D eigenvalue weighted by molar-refractivity contribution is 5.97. The number of pyridine rings is 1. The Bertz CT molecular complexity index is 1010. The second-order valence-electron chi connectivity index (χ2n) is 6.53. The minimum Gasteiger partial charge on any atom is -0.485 e. The van der Waals surface area contributed by atoms with Crippen LogP contribution in [-0.4, -0.2) is 30.0 Å². The van der Waals surface area contributed by atoms with Gasteiger partial charge in [-0.15, -0.1) is 0 Å². The zero-order valence-electron chi connectivity index (χ0n) is 17.2. The molecule has 0 spiro atoms. The van der Waals surface area contributed by atoms with Crippen LogP contribution in [0.5, 0.6) is 11.6 Å². The Morgan fingerprint density at radius 1 is 0.935 bits per heavy atom. The minimum absolute atomic E-state index is 0.0132. The number of carbonyl (C=O) groups is 2. The van der Waals surface area contributed by atoms with E-state index in [1.165, 1.54) is 6.08 Å². The maximum atomic E-state index is 12.1. The highest BCUT2D eigenvalue weighted by Gasteiger charge is 2.06. The number of ketones is 1. The Morgan fingerprint density at radius 2 is 1.71 bits per heavy atom. The molecule has 31 heavy (non-hydrogen) atoms. The number of hydrogen-bond acceptors (Lipinski definition) is 6. The van der Waals surface area contributed by atoms with Crippen LogP contribution in [0, 0.1) is 0 Å². The van der Waals surface area contributed by atoms with E-state index in [0.717, 1.165) is 11.1 Å². The van der Waals surface area contributed by atoms with Crippen LogP contribution in [0.2, 0.25) is 0 Å². The fourth-order valence-corrected chi connectivity index (χ4v) is 2.63. The van der Waals surface area contributed by atoms with Crippen LogP contribution in [-0.2, 0) is 16.1 Å². The molecule has 0 aliphatic heterocycles. The summed E-state index contributed by atoms with van der Waals surface area (Å²) in [5.74, 6) is 0.630. The summed E-state index contributed by atoms with van der Waals surface area (Å²) in [6.07, 6.45) is 4.61. The first kappa shape index (κ1) is 21.8. The number of hydrogen-bond donors (Lipinski definition) is 0. The molecule has 0 amide bonds. The van der Waals surface area contributed by atoms with Crippen LogP contribution in [0.25, 0.3) is 6.08 Å². The smallest absolute Gasteiger partial charge is 0.330 e. The monoisotopic (exact) mass is 417 g/mol. The summed E-state index contributed by atoms with van der Waals surface area (Å²) in [5, 5.41) is 0. The van der Waals surface area contributed by atoms with E-state index >= 15 is 0 Å². The van der Waals surface area contributed by atoms with Crippen molar-refractivity contribution in [2.24, 2.45) is 0 Å². The summed E-state index contributed by atoms with van der Waals surface area (Å²) in [6.45, 7) is 2.43. The molecule has 0 aliphatic carbocycles. The number of esters is 1. The van der Waals surface area contributed by atoms with Gasteiger partial charge in [0.15, 0.2) is 12.4 Å². The first-order chi connectivity index (χ1) is 15.1. The van der Waals surface area contributed by atoms with Gasteiger partial charge in [-0.25, -0.2) is 9.78 Å². The largest absolute Gasteiger partial charge is 0.485 e. The Morgan fingerprint density at radius 3 is 2.39 bits per heavy atom. The van der Waals surface area contributed by atoms with E-state index in [-0.39, 0.29) is 18.4 Å². The van der Waals surface area contributed by atoms with Crippen molar-refractivity contribution in [2.45, 2.75) is 13.5 Å². The molecule has 6 nitrogen and oxygen atoms in total. The Labute approximate surface area is 181 Å². The number of aromatic nitrogens is 1. The van der Waals surface area contributed by atoms with Gasteiger partial charge in [-0.1, -0.05) is 42.5 Å². The van der Waals surface area contributed by atoms with Gasteiger partial charge in [-0.2, -0.15) is 0 Å². The molecule has 1 aromatic heterocycles. The Balaban J connectivity index is 1.45. The van der Waals surface area contributed by atoms with Gasteiger partial charge >= 0.3 is 5.97 Å². The van der Waals surface area contributed by atoms with Crippen molar-refractivity contribution in [2.75, 3.05) is 13.2 Å². The number of Topliss-reactive ketones (excluding diaryl/α,β-unsaturated/α-hetero) is 1. The maximum Gasteiger partial charge on any atom is 0.330 e.